The number of nitrogens with zero attached hydrogens (tertiary/aromatic N) is 1. The molecule has 2 aromatic carbocycles. The lowest BCUT2D eigenvalue weighted by Gasteiger charge is -2.17. The highest BCUT2D eigenvalue weighted by Gasteiger charge is 2.22. The molecule has 0 bridgehead atoms. The maximum absolute atomic E-state index is 13.3. The van der Waals surface area contributed by atoms with E-state index in [9.17, 15) is 8.96 Å². The molecule has 1 fully saturated rings. The lowest BCUT2D eigenvalue weighted by Crippen LogP contribution is -2.23. The average molecular weight is 339 g/mol. The minimum Gasteiger partial charge on any atom is -0.404 e. The van der Waals surface area contributed by atoms with E-state index in [-0.39, 0.29) is 5.75 Å². The third-order valence-corrected chi connectivity index (χ3v) is 4.52. The van der Waals surface area contributed by atoms with Gasteiger partial charge >= 0.3 is 7.82 Å². The summed E-state index contributed by atoms with van der Waals surface area (Å²) in [5.74, 6) is 0.177. The van der Waals surface area contributed by atoms with Crippen molar-refractivity contribution in [1.82, 2.24) is 4.90 Å². The van der Waals surface area contributed by atoms with E-state index in [1.807, 2.05) is 24.3 Å². The number of likely N-dealkylation sites (tertiary alicyclic amines) is 1. The van der Waals surface area contributed by atoms with Crippen molar-refractivity contribution < 1.29 is 23.3 Å². The van der Waals surface area contributed by atoms with Gasteiger partial charge in [0.25, 0.3) is 0 Å². The fourth-order valence-electron chi connectivity index (χ4n) is 3.06. The van der Waals surface area contributed by atoms with Crippen molar-refractivity contribution in [2.75, 3.05) is 19.6 Å². The molecule has 0 aromatic heterocycles. The van der Waals surface area contributed by atoms with Crippen LogP contribution in [0.1, 0.15) is 12.0 Å². The number of phosphoric ester groups is 1. The summed E-state index contributed by atoms with van der Waals surface area (Å²) in [6.45, 7) is 1.91. The van der Waals surface area contributed by atoms with Crippen LogP contribution in [0.15, 0.2) is 36.4 Å². The molecule has 2 aromatic rings. The Balaban J connectivity index is 1.88. The zero-order valence-electron chi connectivity index (χ0n) is 12.6. The van der Waals surface area contributed by atoms with Crippen molar-refractivity contribution in [3.63, 3.8) is 0 Å². The number of alkyl halides is 1. The first-order chi connectivity index (χ1) is 10.9. The van der Waals surface area contributed by atoms with Gasteiger partial charge in [-0.25, -0.2) is 8.96 Å². The van der Waals surface area contributed by atoms with Gasteiger partial charge in [0.2, 0.25) is 0 Å². The molecule has 124 valence electrons. The number of halogens is 1. The second-order valence-corrected chi connectivity index (χ2v) is 6.95. The Hall–Kier alpha value is -1.46. The summed E-state index contributed by atoms with van der Waals surface area (Å²) in [5.41, 5.74) is 0.939. The van der Waals surface area contributed by atoms with E-state index in [1.54, 1.807) is 12.1 Å². The SMILES string of the molecule is O=P(O)(O)Oc1cccc2cccc(CCN3CC[C@@H](F)C3)c12. The first-order valence-corrected chi connectivity index (χ1v) is 9.07. The number of benzene rings is 2. The Morgan fingerprint density at radius 1 is 1.26 bits per heavy atom. The topological polar surface area (TPSA) is 70.0 Å². The van der Waals surface area contributed by atoms with Gasteiger partial charge in [-0.3, -0.25) is 9.79 Å². The Morgan fingerprint density at radius 2 is 2.00 bits per heavy atom. The van der Waals surface area contributed by atoms with Gasteiger partial charge in [-0.15, -0.1) is 0 Å². The molecule has 3 rings (SSSR count). The number of hydrogen-bond acceptors (Lipinski definition) is 3. The zero-order valence-corrected chi connectivity index (χ0v) is 13.5. The molecule has 1 saturated heterocycles. The summed E-state index contributed by atoms with van der Waals surface area (Å²) in [5, 5.41) is 1.56. The van der Waals surface area contributed by atoms with Gasteiger partial charge < -0.3 is 9.42 Å². The molecule has 1 atom stereocenters. The Labute approximate surface area is 133 Å². The molecule has 0 radical (unpaired) electrons. The van der Waals surface area contributed by atoms with Crippen LogP contribution in [-0.4, -0.2) is 40.5 Å². The Bertz CT molecular complexity index is 743. The fraction of sp³-hybridized carbons (Fsp3) is 0.375. The molecule has 0 spiro atoms. The molecule has 7 heteroatoms. The van der Waals surface area contributed by atoms with Crippen LogP contribution in [0.2, 0.25) is 0 Å². The number of rotatable bonds is 5. The predicted octanol–water partition coefficient (Wildman–Crippen LogP) is 2.90. The minimum absolute atomic E-state index is 0.177. The van der Waals surface area contributed by atoms with E-state index in [0.717, 1.165) is 17.5 Å². The summed E-state index contributed by atoms with van der Waals surface area (Å²) in [6.07, 6.45) is 0.490. The fourth-order valence-corrected chi connectivity index (χ4v) is 3.47. The molecular formula is C16H19FNO4P. The number of hydrogen-bond donors (Lipinski definition) is 2. The summed E-state index contributed by atoms with van der Waals surface area (Å²) < 4.78 is 29.3. The smallest absolute Gasteiger partial charge is 0.404 e. The van der Waals surface area contributed by atoms with Crippen LogP contribution in [0.4, 0.5) is 4.39 Å². The summed E-state index contributed by atoms with van der Waals surface area (Å²) in [4.78, 5) is 20.2. The first kappa shape index (κ1) is 16.4. The Kier molecular flexibility index (Phi) is 4.69. The van der Waals surface area contributed by atoms with Crippen LogP contribution in [0.3, 0.4) is 0 Å². The maximum Gasteiger partial charge on any atom is 0.524 e. The van der Waals surface area contributed by atoms with E-state index >= 15 is 0 Å². The van der Waals surface area contributed by atoms with Crippen molar-refractivity contribution >= 4 is 18.6 Å². The predicted molar refractivity (Wildman–Crippen MR) is 86.3 cm³/mol. The van der Waals surface area contributed by atoms with Gasteiger partial charge in [0.1, 0.15) is 11.9 Å². The molecule has 1 aliphatic heterocycles. The van der Waals surface area contributed by atoms with E-state index in [1.165, 1.54) is 0 Å². The molecule has 1 aliphatic rings. The molecule has 5 nitrogen and oxygen atoms in total. The molecule has 0 saturated carbocycles. The molecule has 23 heavy (non-hydrogen) atoms. The molecule has 2 N–H and O–H groups in total. The van der Waals surface area contributed by atoms with Crippen LogP contribution in [0, 0.1) is 0 Å². The molecule has 0 unspecified atom stereocenters. The number of fused-ring (bicyclic) bond motifs is 1. The van der Waals surface area contributed by atoms with Gasteiger partial charge in [0.15, 0.2) is 0 Å². The van der Waals surface area contributed by atoms with Crippen LogP contribution in [0.25, 0.3) is 10.8 Å². The lowest BCUT2D eigenvalue weighted by atomic mass is 10.0. The van der Waals surface area contributed by atoms with E-state index < -0.39 is 14.0 Å². The van der Waals surface area contributed by atoms with Gasteiger partial charge in [0, 0.05) is 25.0 Å². The van der Waals surface area contributed by atoms with Gasteiger partial charge in [0.05, 0.1) is 0 Å². The molecule has 0 amide bonds. The van der Waals surface area contributed by atoms with Crippen molar-refractivity contribution in [2.24, 2.45) is 0 Å². The molecule has 1 heterocycles. The molecule has 0 aliphatic carbocycles. The van der Waals surface area contributed by atoms with Crippen LogP contribution in [-0.2, 0) is 11.0 Å². The monoisotopic (exact) mass is 339 g/mol. The summed E-state index contributed by atoms with van der Waals surface area (Å²) in [6, 6.07) is 10.8. The van der Waals surface area contributed by atoms with Crippen molar-refractivity contribution in [1.29, 1.82) is 0 Å². The minimum atomic E-state index is -4.62. The van der Waals surface area contributed by atoms with E-state index in [4.69, 9.17) is 14.3 Å². The highest BCUT2D eigenvalue weighted by Crippen LogP contribution is 2.41. The van der Waals surface area contributed by atoms with Crippen LogP contribution >= 0.6 is 7.82 Å². The zero-order chi connectivity index (χ0) is 16.4. The highest BCUT2D eigenvalue weighted by atomic mass is 31.2. The van der Waals surface area contributed by atoms with Gasteiger partial charge in [-0.05, 0) is 29.9 Å². The standard InChI is InChI=1S/C16H19FNO4P/c17-14-8-10-18(11-14)9-7-13-4-1-3-12-5-2-6-15(16(12)13)22-23(19,20)21/h1-6,14H,7-11H2,(H2,19,20,21)/t14-/m1/s1. The number of phosphoric acid groups is 1. The second kappa shape index (κ2) is 6.57. The van der Waals surface area contributed by atoms with Crippen LogP contribution in [0.5, 0.6) is 5.75 Å². The van der Waals surface area contributed by atoms with Gasteiger partial charge in [-0.2, -0.15) is 0 Å². The maximum atomic E-state index is 13.3. The summed E-state index contributed by atoms with van der Waals surface area (Å²) in [7, 11) is -4.62. The third-order valence-electron chi connectivity index (χ3n) is 4.08. The third kappa shape index (κ3) is 4.09. The first-order valence-electron chi connectivity index (χ1n) is 7.54. The van der Waals surface area contributed by atoms with Crippen molar-refractivity contribution in [3.8, 4) is 5.75 Å². The van der Waals surface area contributed by atoms with Gasteiger partial charge in [-0.1, -0.05) is 30.3 Å². The lowest BCUT2D eigenvalue weighted by molar-refractivity contribution is 0.284. The molecular weight excluding hydrogens is 320 g/mol. The summed E-state index contributed by atoms with van der Waals surface area (Å²) >= 11 is 0. The average Bonchev–Trinajstić information content (AvgIpc) is 2.89. The Morgan fingerprint density at radius 3 is 2.65 bits per heavy atom. The normalized spacial score (nSPS) is 19.3. The van der Waals surface area contributed by atoms with Crippen molar-refractivity contribution in [3.05, 3.63) is 42.0 Å². The second-order valence-electron chi connectivity index (χ2n) is 5.79. The largest absolute Gasteiger partial charge is 0.524 e. The van der Waals surface area contributed by atoms with E-state index in [0.29, 0.717) is 31.3 Å². The van der Waals surface area contributed by atoms with Crippen molar-refractivity contribution in [2.45, 2.75) is 19.0 Å². The van der Waals surface area contributed by atoms with E-state index in [2.05, 4.69) is 4.90 Å². The quantitative estimate of drug-likeness (QED) is 0.820. The highest BCUT2D eigenvalue weighted by molar-refractivity contribution is 7.46. The van der Waals surface area contributed by atoms with Crippen LogP contribution < -0.4 is 4.52 Å².